The van der Waals surface area contributed by atoms with Gasteiger partial charge >= 0.3 is 0 Å². The van der Waals surface area contributed by atoms with Crippen LogP contribution in [0.5, 0.6) is 0 Å². The summed E-state index contributed by atoms with van der Waals surface area (Å²) in [6.07, 6.45) is 1.68. The Labute approximate surface area is 159 Å². The summed E-state index contributed by atoms with van der Waals surface area (Å²) in [5, 5.41) is 4.96. The summed E-state index contributed by atoms with van der Waals surface area (Å²) in [6.45, 7) is 5.51. The van der Waals surface area contributed by atoms with E-state index in [1.807, 2.05) is 37.4 Å². The number of benzene rings is 1. The van der Waals surface area contributed by atoms with Crippen LogP contribution in [0.25, 0.3) is 6.08 Å². The van der Waals surface area contributed by atoms with Gasteiger partial charge in [0.25, 0.3) is 5.91 Å². The van der Waals surface area contributed by atoms with E-state index in [0.717, 1.165) is 16.8 Å². The van der Waals surface area contributed by atoms with Crippen molar-refractivity contribution in [1.29, 1.82) is 0 Å². The van der Waals surface area contributed by atoms with Crippen LogP contribution in [0.3, 0.4) is 0 Å². The number of hydrogen-bond acceptors (Lipinski definition) is 6. The van der Waals surface area contributed by atoms with Gasteiger partial charge in [-0.3, -0.25) is 14.5 Å². The first kappa shape index (κ1) is 17.8. The molecule has 1 N–H and O–H groups in total. The first-order valence-electron chi connectivity index (χ1n) is 7.44. The van der Waals surface area contributed by atoms with Gasteiger partial charge in [0.15, 0.2) is 5.13 Å². The van der Waals surface area contributed by atoms with Gasteiger partial charge < -0.3 is 5.32 Å². The average Bonchev–Trinajstić information content (AvgIpc) is 3.11. The van der Waals surface area contributed by atoms with Gasteiger partial charge in [-0.1, -0.05) is 36.1 Å². The summed E-state index contributed by atoms with van der Waals surface area (Å²) in [6, 6.07) is 5.83. The largest absolute Gasteiger partial charge is 0.307 e. The fraction of sp³-hybridized carbons (Fsp3) is 0.176. The maximum absolute atomic E-state index is 12.2. The van der Waals surface area contributed by atoms with E-state index in [1.54, 1.807) is 11.0 Å². The molecule has 0 radical (unpaired) electrons. The van der Waals surface area contributed by atoms with Gasteiger partial charge in [-0.05, 0) is 37.1 Å². The quantitative estimate of drug-likeness (QED) is 0.636. The van der Waals surface area contributed by atoms with Crippen LogP contribution in [-0.2, 0) is 9.59 Å². The van der Waals surface area contributed by atoms with E-state index in [9.17, 15) is 9.59 Å². The minimum atomic E-state index is -0.220. The number of thioether (sulfide) groups is 1. The second kappa shape index (κ2) is 7.07. The zero-order chi connectivity index (χ0) is 18.1. The van der Waals surface area contributed by atoms with Gasteiger partial charge in [-0.2, -0.15) is 0 Å². The highest BCUT2D eigenvalue weighted by Gasteiger charge is 2.24. The van der Waals surface area contributed by atoms with Crippen LogP contribution in [0.4, 0.5) is 10.8 Å². The first-order valence-corrected chi connectivity index (χ1v) is 9.54. The zero-order valence-corrected chi connectivity index (χ0v) is 16.3. The van der Waals surface area contributed by atoms with Crippen LogP contribution in [0.2, 0.25) is 0 Å². The molecule has 1 aliphatic heterocycles. The molecule has 0 saturated carbocycles. The van der Waals surface area contributed by atoms with Crippen molar-refractivity contribution in [3.05, 3.63) is 45.3 Å². The molecule has 1 aromatic carbocycles. The van der Waals surface area contributed by atoms with E-state index in [1.165, 1.54) is 30.0 Å². The first-order chi connectivity index (χ1) is 11.9. The maximum Gasteiger partial charge on any atom is 0.263 e. The molecule has 2 amide bonds. The van der Waals surface area contributed by atoms with Crippen molar-refractivity contribution in [2.24, 2.45) is 0 Å². The summed E-state index contributed by atoms with van der Waals surface area (Å²) >= 11 is 7.55. The molecular formula is C17H15N3O2S3. The van der Waals surface area contributed by atoms with Gasteiger partial charge in [0, 0.05) is 12.3 Å². The molecule has 25 heavy (non-hydrogen) atoms. The topological polar surface area (TPSA) is 62.3 Å². The molecule has 128 valence electrons. The number of rotatable bonds is 3. The lowest BCUT2D eigenvalue weighted by molar-refractivity contribution is -0.116. The highest BCUT2D eigenvalue weighted by Crippen LogP contribution is 2.33. The Bertz CT molecular complexity index is 918. The molecule has 0 atom stereocenters. The van der Waals surface area contributed by atoms with Crippen LogP contribution in [0, 0.1) is 13.8 Å². The number of amides is 2. The molecule has 3 rings (SSSR count). The Morgan fingerprint density at radius 2 is 2.12 bits per heavy atom. The summed E-state index contributed by atoms with van der Waals surface area (Å²) in [4.78, 5) is 30.6. The number of aryl methyl sites for hydroxylation is 1. The number of carbonyl (C=O) groups excluding carboxylic acids is 2. The Kier molecular flexibility index (Phi) is 5.03. The monoisotopic (exact) mass is 389 g/mol. The van der Waals surface area contributed by atoms with E-state index >= 15 is 0 Å². The van der Waals surface area contributed by atoms with Crippen molar-refractivity contribution in [3.63, 3.8) is 0 Å². The summed E-state index contributed by atoms with van der Waals surface area (Å²) < 4.78 is 0.437. The molecule has 0 bridgehead atoms. The van der Waals surface area contributed by atoms with Gasteiger partial charge in [0.1, 0.15) is 4.32 Å². The highest BCUT2D eigenvalue weighted by atomic mass is 32.2. The van der Waals surface area contributed by atoms with Crippen molar-refractivity contribution in [3.8, 4) is 0 Å². The van der Waals surface area contributed by atoms with Crippen molar-refractivity contribution < 1.29 is 9.59 Å². The molecule has 0 spiro atoms. The van der Waals surface area contributed by atoms with E-state index in [2.05, 4.69) is 10.3 Å². The van der Waals surface area contributed by atoms with Crippen LogP contribution in [-0.4, -0.2) is 21.1 Å². The molecule has 0 unspecified atom stereocenters. The second-order valence-corrected chi connectivity index (χ2v) is 8.04. The molecular weight excluding hydrogens is 374 g/mol. The Morgan fingerprint density at radius 3 is 2.76 bits per heavy atom. The highest BCUT2D eigenvalue weighted by molar-refractivity contribution is 8.26. The molecule has 2 heterocycles. The van der Waals surface area contributed by atoms with Crippen LogP contribution >= 0.6 is 35.3 Å². The summed E-state index contributed by atoms with van der Waals surface area (Å²) in [5.74, 6) is -0.334. The third-order valence-corrected chi connectivity index (χ3v) is 5.76. The Balaban J connectivity index is 1.97. The third-order valence-electron chi connectivity index (χ3n) is 3.75. The van der Waals surface area contributed by atoms with E-state index in [-0.39, 0.29) is 11.8 Å². The SMILES string of the molecule is CC(=O)N(c1nc(/C=C2\SC(=S)NC2=O)cs1)c1cccc(C)c1C. The van der Waals surface area contributed by atoms with E-state index in [0.29, 0.717) is 20.1 Å². The summed E-state index contributed by atoms with van der Waals surface area (Å²) in [7, 11) is 0. The van der Waals surface area contributed by atoms with Gasteiger partial charge in [-0.15, -0.1) is 11.3 Å². The molecule has 1 saturated heterocycles. The number of thiocarbonyl (C=S) groups is 1. The van der Waals surface area contributed by atoms with E-state index < -0.39 is 0 Å². The standard InChI is InChI=1S/C17H15N3O2S3/c1-9-5-4-6-13(10(9)2)20(11(3)21)16-18-12(8-24-16)7-14-15(22)19-17(23)25-14/h4-8H,1-3H3,(H,19,22,23)/b14-7-. The number of nitrogens with zero attached hydrogens (tertiary/aromatic N) is 2. The minimum Gasteiger partial charge on any atom is -0.307 e. The van der Waals surface area contributed by atoms with Crippen LogP contribution in [0.1, 0.15) is 23.7 Å². The molecule has 2 aromatic rings. The number of nitrogens with one attached hydrogen (secondary N) is 1. The number of aromatic nitrogens is 1. The van der Waals surface area contributed by atoms with Gasteiger partial charge in [-0.25, -0.2) is 4.98 Å². The molecule has 1 aliphatic rings. The predicted octanol–water partition coefficient (Wildman–Crippen LogP) is 3.93. The van der Waals surface area contributed by atoms with Crippen molar-refractivity contribution in [1.82, 2.24) is 10.3 Å². The lowest BCUT2D eigenvalue weighted by atomic mass is 10.1. The lowest BCUT2D eigenvalue weighted by Gasteiger charge is -2.21. The lowest BCUT2D eigenvalue weighted by Crippen LogP contribution is -2.23. The minimum absolute atomic E-state index is 0.114. The fourth-order valence-corrected chi connectivity index (χ4v) is 4.25. The number of anilines is 2. The molecule has 1 aromatic heterocycles. The van der Waals surface area contributed by atoms with Crippen molar-refractivity contribution in [2.75, 3.05) is 4.90 Å². The van der Waals surface area contributed by atoms with Crippen molar-refractivity contribution >= 4 is 68.3 Å². The zero-order valence-electron chi connectivity index (χ0n) is 13.8. The Morgan fingerprint density at radius 1 is 1.36 bits per heavy atom. The molecule has 1 fully saturated rings. The molecule has 5 nitrogen and oxygen atoms in total. The third kappa shape index (κ3) is 3.65. The second-order valence-electron chi connectivity index (χ2n) is 5.48. The van der Waals surface area contributed by atoms with Crippen LogP contribution in [0.15, 0.2) is 28.5 Å². The fourth-order valence-electron chi connectivity index (χ4n) is 2.39. The number of hydrogen-bond donors (Lipinski definition) is 1. The normalized spacial score (nSPS) is 15.6. The smallest absolute Gasteiger partial charge is 0.263 e. The maximum atomic E-state index is 12.2. The van der Waals surface area contributed by atoms with E-state index in [4.69, 9.17) is 12.2 Å². The van der Waals surface area contributed by atoms with Crippen LogP contribution < -0.4 is 10.2 Å². The summed E-state index contributed by atoms with van der Waals surface area (Å²) in [5.41, 5.74) is 3.58. The van der Waals surface area contributed by atoms with Gasteiger partial charge in [0.2, 0.25) is 5.91 Å². The number of thiazole rings is 1. The van der Waals surface area contributed by atoms with Gasteiger partial charge in [0.05, 0.1) is 16.3 Å². The Hall–Kier alpha value is -2.03. The molecule has 0 aliphatic carbocycles. The number of carbonyl (C=O) groups is 2. The van der Waals surface area contributed by atoms with Crippen molar-refractivity contribution in [2.45, 2.75) is 20.8 Å². The predicted molar refractivity (Wildman–Crippen MR) is 107 cm³/mol. The molecule has 8 heteroatoms. The average molecular weight is 390 g/mol.